The summed E-state index contributed by atoms with van der Waals surface area (Å²) in [6.45, 7) is 5.65. The van der Waals surface area contributed by atoms with Gasteiger partial charge in [-0.1, -0.05) is 0 Å². The van der Waals surface area contributed by atoms with Gasteiger partial charge in [-0.15, -0.1) is 0 Å². The highest BCUT2D eigenvalue weighted by Gasteiger charge is 2.82. The van der Waals surface area contributed by atoms with Crippen molar-refractivity contribution in [2.45, 2.75) is 74.4 Å². The molecule has 3 fully saturated rings. The third-order valence-corrected chi connectivity index (χ3v) is 6.80. The van der Waals surface area contributed by atoms with Crippen molar-refractivity contribution >= 4 is 22.0 Å². The maximum Gasteiger partial charge on any atom is 0.411 e. The molecule has 7 heteroatoms. The summed E-state index contributed by atoms with van der Waals surface area (Å²) in [7, 11) is 0. The van der Waals surface area contributed by atoms with E-state index in [1.807, 2.05) is 49.9 Å². The summed E-state index contributed by atoms with van der Waals surface area (Å²) in [5, 5.41) is 0. The van der Waals surface area contributed by atoms with Gasteiger partial charge in [-0.2, -0.15) is 0 Å². The smallest absolute Gasteiger partial charge is 0.411 e. The Balaban J connectivity index is 1.42. The first-order chi connectivity index (χ1) is 13.2. The van der Waals surface area contributed by atoms with Gasteiger partial charge in [0.2, 0.25) is 0 Å². The number of halogens is 1. The molecule has 0 radical (unpaired) electrons. The standard InChI is InChI=1S/C21H24BrNO5/c1-19(2,3)27-18(24)23-14-6-9-17(23)21(20(22,12-14)28-21)26-15-7-8-16-13(11-15)5-4-10-25-16/h4,7-8,10-11,14,17H,5-6,9,12H2,1-3H3. The Morgan fingerprint density at radius 3 is 2.93 bits per heavy atom. The van der Waals surface area contributed by atoms with E-state index in [0.717, 1.165) is 30.6 Å². The third-order valence-electron chi connectivity index (χ3n) is 5.77. The molecule has 150 valence electrons. The fourth-order valence-electron chi connectivity index (χ4n) is 4.60. The number of benzene rings is 1. The number of carbonyl (C=O) groups is 1. The summed E-state index contributed by atoms with van der Waals surface area (Å²) in [4.78, 5) is 14.7. The quantitative estimate of drug-likeness (QED) is 0.491. The van der Waals surface area contributed by atoms with Gasteiger partial charge in [-0.25, -0.2) is 4.79 Å². The molecule has 2 bridgehead atoms. The minimum absolute atomic E-state index is 0.0977. The van der Waals surface area contributed by atoms with E-state index in [2.05, 4.69) is 15.9 Å². The van der Waals surface area contributed by atoms with Gasteiger partial charge < -0.3 is 18.9 Å². The van der Waals surface area contributed by atoms with Gasteiger partial charge in [0.05, 0.1) is 6.26 Å². The van der Waals surface area contributed by atoms with Crippen LogP contribution in [0.3, 0.4) is 0 Å². The summed E-state index contributed by atoms with van der Waals surface area (Å²) in [5.41, 5.74) is 0.533. The second kappa shape index (κ2) is 5.89. The largest absolute Gasteiger partial charge is 0.465 e. The predicted molar refractivity (Wildman–Crippen MR) is 106 cm³/mol. The molecule has 0 spiro atoms. The number of fused-ring (bicyclic) bond motifs is 5. The average Bonchev–Trinajstić information content (AvgIpc) is 3.03. The molecule has 3 saturated heterocycles. The Hall–Kier alpha value is -1.73. The van der Waals surface area contributed by atoms with E-state index >= 15 is 0 Å². The first-order valence-electron chi connectivity index (χ1n) is 9.75. The molecule has 0 saturated carbocycles. The second-order valence-electron chi connectivity index (χ2n) is 8.90. The van der Waals surface area contributed by atoms with E-state index < -0.39 is 15.9 Å². The van der Waals surface area contributed by atoms with Gasteiger partial charge in [0, 0.05) is 18.0 Å². The number of epoxide rings is 1. The van der Waals surface area contributed by atoms with Crippen LogP contribution in [0, 0.1) is 0 Å². The molecular weight excluding hydrogens is 426 g/mol. The predicted octanol–water partition coefficient (Wildman–Crippen LogP) is 4.50. The number of rotatable bonds is 2. The number of piperidine rings is 1. The Bertz CT molecular complexity index is 865. The Labute approximate surface area is 172 Å². The number of nitrogens with zero attached hydrogens (tertiary/aromatic N) is 1. The van der Waals surface area contributed by atoms with Gasteiger partial charge >= 0.3 is 6.09 Å². The van der Waals surface area contributed by atoms with Crippen LogP contribution in [0.1, 0.15) is 45.6 Å². The zero-order valence-electron chi connectivity index (χ0n) is 16.2. The molecule has 4 unspecified atom stereocenters. The van der Waals surface area contributed by atoms with Crippen molar-refractivity contribution in [3.8, 4) is 11.5 Å². The normalized spacial score (nSPS) is 34.9. The highest BCUT2D eigenvalue weighted by molar-refractivity contribution is 9.10. The summed E-state index contributed by atoms with van der Waals surface area (Å²) >= 11 is 3.75. The van der Waals surface area contributed by atoms with Crippen molar-refractivity contribution in [3.05, 3.63) is 36.1 Å². The maximum absolute atomic E-state index is 12.9. The van der Waals surface area contributed by atoms with Crippen molar-refractivity contribution in [3.63, 3.8) is 0 Å². The number of allylic oxidation sites excluding steroid dienone is 1. The van der Waals surface area contributed by atoms with Gasteiger partial charge in [0.25, 0.3) is 5.79 Å². The first-order valence-corrected chi connectivity index (χ1v) is 10.5. The van der Waals surface area contributed by atoms with E-state index in [1.54, 1.807) is 6.26 Å². The number of hydrogen-bond donors (Lipinski definition) is 0. The molecule has 28 heavy (non-hydrogen) atoms. The van der Waals surface area contributed by atoms with E-state index in [9.17, 15) is 4.79 Å². The van der Waals surface area contributed by atoms with Crippen molar-refractivity contribution in [1.29, 1.82) is 0 Å². The molecule has 0 aliphatic carbocycles. The topological polar surface area (TPSA) is 60.5 Å². The maximum atomic E-state index is 12.9. The molecule has 6 nitrogen and oxygen atoms in total. The monoisotopic (exact) mass is 449 g/mol. The van der Waals surface area contributed by atoms with Gasteiger partial charge in [0.15, 0.2) is 4.51 Å². The van der Waals surface area contributed by atoms with Crippen LogP contribution in [-0.4, -0.2) is 39.0 Å². The molecule has 4 heterocycles. The number of amides is 1. The zero-order chi connectivity index (χ0) is 19.7. The van der Waals surface area contributed by atoms with Crippen LogP contribution in [0.2, 0.25) is 0 Å². The molecule has 4 atom stereocenters. The fourth-order valence-corrected chi connectivity index (χ4v) is 5.56. The molecule has 5 rings (SSSR count). The van der Waals surface area contributed by atoms with Crippen LogP contribution in [0.15, 0.2) is 30.5 Å². The summed E-state index contributed by atoms with van der Waals surface area (Å²) in [5.74, 6) is 0.666. The molecule has 1 aromatic rings. The molecule has 0 aromatic heterocycles. The summed E-state index contributed by atoms with van der Waals surface area (Å²) in [6.07, 6.45) is 6.61. The lowest BCUT2D eigenvalue weighted by molar-refractivity contribution is -0.0413. The first kappa shape index (κ1) is 18.3. The number of ether oxygens (including phenoxy) is 4. The zero-order valence-corrected chi connectivity index (χ0v) is 17.8. The SMILES string of the molecule is CC(C)(C)OC(=O)N1C2CCC1C1(Oc3ccc4c(c3)CC=CO4)OC1(Br)C2. The van der Waals surface area contributed by atoms with Crippen molar-refractivity contribution in [1.82, 2.24) is 4.90 Å². The number of carbonyl (C=O) groups excluding carboxylic acids is 1. The summed E-state index contributed by atoms with van der Waals surface area (Å²) < 4.78 is 23.2. The molecule has 0 N–H and O–H groups in total. The average molecular weight is 450 g/mol. The van der Waals surface area contributed by atoms with Crippen LogP contribution in [0.5, 0.6) is 11.5 Å². The van der Waals surface area contributed by atoms with E-state index in [4.69, 9.17) is 18.9 Å². The van der Waals surface area contributed by atoms with E-state index in [-0.39, 0.29) is 18.2 Å². The highest BCUT2D eigenvalue weighted by atomic mass is 79.9. The van der Waals surface area contributed by atoms with Gasteiger partial charge in [0.1, 0.15) is 23.1 Å². The molecule has 1 aromatic carbocycles. The van der Waals surface area contributed by atoms with Crippen LogP contribution in [0.4, 0.5) is 4.79 Å². The van der Waals surface area contributed by atoms with Gasteiger partial charge in [-0.05, 0) is 80.2 Å². The highest BCUT2D eigenvalue weighted by Crippen LogP contribution is 2.66. The minimum Gasteiger partial charge on any atom is -0.465 e. The Morgan fingerprint density at radius 2 is 2.14 bits per heavy atom. The number of hydrogen-bond acceptors (Lipinski definition) is 5. The number of alkyl halides is 1. The lowest BCUT2D eigenvalue weighted by Gasteiger charge is -2.39. The second-order valence-corrected chi connectivity index (χ2v) is 10.2. The lowest BCUT2D eigenvalue weighted by Crippen LogP contribution is -2.58. The van der Waals surface area contributed by atoms with Crippen LogP contribution in [-0.2, 0) is 15.9 Å². The minimum atomic E-state index is -0.892. The van der Waals surface area contributed by atoms with Crippen molar-refractivity contribution in [2.24, 2.45) is 0 Å². The molecule has 4 aliphatic rings. The Morgan fingerprint density at radius 1 is 1.32 bits per heavy atom. The molecule has 1 amide bonds. The molecular formula is C21H24BrNO5. The van der Waals surface area contributed by atoms with Crippen LogP contribution in [0.25, 0.3) is 0 Å². The van der Waals surface area contributed by atoms with Crippen molar-refractivity contribution in [2.75, 3.05) is 0 Å². The van der Waals surface area contributed by atoms with Crippen LogP contribution < -0.4 is 9.47 Å². The fraction of sp³-hybridized carbons (Fsp3) is 0.571. The van der Waals surface area contributed by atoms with Crippen molar-refractivity contribution < 1.29 is 23.7 Å². The third kappa shape index (κ3) is 2.74. The summed E-state index contributed by atoms with van der Waals surface area (Å²) in [6, 6.07) is 5.70. The Kier molecular flexibility index (Phi) is 3.85. The van der Waals surface area contributed by atoms with E-state index in [1.165, 1.54) is 0 Å². The van der Waals surface area contributed by atoms with Gasteiger partial charge in [-0.3, -0.25) is 4.90 Å². The molecule has 4 aliphatic heterocycles. The lowest BCUT2D eigenvalue weighted by atomic mass is 9.99. The van der Waals surface area contributed by atoms with Crippen LogP contribution >= 0.6 is 15.9 Å². The van der Waals surface area contributed by atoms with E-state index in [0.29, 0.717) is 12.2 Å².